The fourth-order valence-electron chi connectivity index (χ4n) is 2.41. The van der Waals surface area contributed by atoms with Crippen molar-refractivity contribution in [2.75, 3.05) is 22.4 Å². The summed E-state index contributed by atoms with van der Waals surface area (Å²) in [5.74, 6) is -0.638. The second-order valence-electron chi connectivity index (χ2n) is 5.96. The summed E-state index contributed by atoms with van der Waals surface area (Å²) >= 11 is 6.06. The van der Waals surface area contributed by atoms with Crippen LogP contribution in [0.4, 0.5) is 17.1 Å². The molecule has 0 aliphatic heterocycles. The van der Waals surface area contributed by atoms with Gasteiger partial charge < -0.3 is 5.32 Å². The highest BCUT2D eigenvalue weighted by atomic mass is 35.5. The number of anilines is 2. The van der Waals surface area contributed by atoms with Gasteiger partial charge in [0.25, 0.3) is 5.69 Å². The van der Waals surface area contributed by atoms with Crippen LogP contribution >= 0.6 is 11.6 Å². The number of hydrogen-bond donors (Lipinski definition) is 1. The summed E-state index contributed by atoms with van der Waals surface area (Å²) in [5.41, 5.74) is 1.40. The summed E-state index contributed by atoms with van der Waals surface area (Å²) < 4.78 is 25.2. The van der Waals surface area contributed by atoms with Crippen LogP contribution in [0.15, 0.2) is 36.4 Å². The van der Waals surface area contributed by atoms with E-state index in [1.165, 1.54) is 31.2 Å². The average Bonchev–Trinajstić information content (AvgIpc) is 2.56. The number of nitrogens with zero attached hydrogens (tertiary/aromatic N) is 2. The highest BCUT2D eigenvalue weighted by Crippen LogP contribution is 2.27. The molecule has 2 aromatic rings. The smallest absolute Gasteiger partial charge is 0.274 e. The second-order valence-corrected chi connectivity index (χ2v) is 8.27. The van der Waals surface area contributed by atoms with Gasteiger partial charge in [-0.3, -0.25) is 19.2 Å². The molecule has 2 rings (SSSR count). The van der Waals surface area contributed by atoms with Gasteiger partial charge in [-0.25, -0.2) is 8.42 Å². The number of halogens is 1. The molecule has 0 spiro atoms. The van der Waals surface area contributed by atoms with Crippen molar-refractivity contribution in [1.29, 1.82) is 0 Å². The van der Waals surface area contributed by atoms with Gasteiger partial charge in [-0.05, 0) is 37.6 Å². The van der Waals surface area contributed by atoms with E-state index >= 15 is 0 Å². The quantitative estimate of drug-likeness (QED) is 0.579. The summed E-state index contributed by atoms with van der Waals surface area (Å²) in [4.78, 5) is 22.9. The van der Waals surface area contributed by atoms with Crippen molar-refractivity contribution in [3.63, 3.8) is 0 Å². The largest absolute Gasteiger partial charge is 0.324 e. The van der Waals surface area contributed by atoms with Crippen LogP contribution in [-0.2, 0) is 14.8 Å². The van der Waals surface area contributed by atoms with Crippen molar-refractivity contribution < 1.29 is 18.1 Å². The van der Waals surface area contributed by atoms with Crippen LogP contribution in [0.3, 0.4) is 0 Å². The fraction of sp³-hybridized carbons (Fsp3) is 0.235. The molecule has 0 aromatic heterocycles. The molecule has 0 atom stereocenters. The predicted octanol–water partition coefficient (Wildman–Crippen LogP) is 3.27. The predicted molar refractivity (Wildman–Crippen MR) is 105 cm³/mol. The Kier molecular flexibility index (Phi) is 6.07. The van der Waals surface area contributed by atoms with E-state index in [2.05, 4.69) is 5.32 Å². The van der Waals surface area contributed by atoms with Gasteiger partial charge in [0.15, 0.2) is 0 Å². The highest BCUT2D eigenvalue weighted by Gasteiger charge is 2.22. The minimum absolute atomic E-state index is 0.141. The van der Waals surface area contributed by atoms with Crippen molar-refractivity contribution in [2.24, 2.45) is 0 Å². The summed E-state index contributed by atoms with van der Waals surface area (Å²) in [6.45, 7) is 2.77. The maximum atomic E-state index is 12.4. The minimum Gasteiger partial charge on any atom is -0.324 e. The third kappa shape index (κ3) is 4.95. The van der Waals surface area contributed by atoms with Crippen molar-refractivity contribution in [3.8, 4) is 0 Å². The van der Waals surface area contributed by atoms with E-state index < -0.39 is 27.4 Å². The zero-order chi connectivity index (χ0) is 20.4. The lowest BCUT2D eigenvalue weighted by Gasteiger charge is -2.22. The fourth-order valence-corrected chi connectivity index (χ4v) is 3.44. The van der Waals surface area contributed by atoms with Crippen LogP contribution in [0, 0.1) is 24.0 Å². The standard InChI is InChI=1S/C17H18ClN3O5S/c1-11-7-8-13(9-14(11)18)20(27(3,25)26)10-17(22)19-15-5-4-6-16(12(15)2)21(23)24/h4-9H,10H2,1-3H3,(H,19,22). The number of amides is 1. The highest BCUT2D eigenvalue weighted by molar-refractivity contribution is 7.92. The maximum absolute atomic E-state index is 12.4. The number of carbonyl (C=O) groups is 1. The first kappa shape index (κ1) is 20.7. The normalized spacial score (nSPS) is 11.1. The summed E-state index contributed by atoms with van der Waals surface area (Å²) in [7, 11) is -3.76. The van der Waals surface area contributed by atoms with Crippen molar-refractivity contribution in [3.05, 3.63) is 62.7 Å². The number of aryl methyl sites for hydroxylation is 1. The molecule has 0 heterocycles. The molecule has 1 N–H and O–H groups in total. The Labute approximate surface area is 162 Å². The van der Waals surface area contributed by atoms with Gasteiger partial charge >= 0.3 is 0 Å². The molecule has 0 aliphatic rings. The van der Waals surface area contributed by atoms with Crippen LogP contribution in [0.25, 0.3) is 0 Å². The molecule has 8 nitrogen and oxygen atoms in total. The number of carbonyl (C=O) groups excluding carboxylic acids is 1. The van der Waals surface area contributed by atoms with E-state index in [-0.39, 0.29) is 22.6 Å². The molecule has 0 aliphatic carbocycles. The summed E-state index contributed by atoms with van der Waals surface area (Å²) in [6, 6.07) is 8.93. The number of nitro benzene ring substituents is 1. The van der Waals surface area contributed by atoms with E-state index in [0.717, 1.165) is 16.1 Å². The molecule has 0 radical (unpaired) electrons. The molecule has 0 bridgehead atoms. The molecule has 0 unspecified atom stereocenters. The van der Waals surface area contributed by atoms with E-state index in [1.807, 2.05) is 0 Å². The molecule has 10 heteroatoms. The van der Waals surface area contributed by atoms with E-state index in [0.29, 0.717) is 5.02 Å². The topological polar surface area (TPSA) is 110 Å². The Morgan fingerprint density at radius 1 is 1.26 bits per heavy atom. The Morgan fingerprint density at radius 2 is 1.93 bits per heavy atom. The summed E-state index contributed by atoms with van der Waals surface area (Å²) in [6.07, 6.45) is 0.979. The van der Waals surface area contributed by atoms with Gasteiger partial charge in [0.05, 0.1) is 28.1 Å². The van der Waals surface area contributed by atoms with Crippen LogP contribution in [0.5, 0.6) is 0 Å². The van der Waals surface area contributed by atoms with Gasteiger partial charge in [0, 0.05) is 11.1 Å². The van der Waals surface area contributed by atoms with Crippen LogP contribution in [0.1, 0.15) is 11.1 Å². The number of hydrogen-bond acceptors (Lipinski definition) is 5. The average molecular weight is 412 g/mol. The molecule has 0 fully saturated rings. The van der Waals surface area contributed by atoms with E-state index in [4.69, 9.17) is 11.6 Å². The number of nitro groups is 1. The lowest BCUT2D eigenvalue weighted by atomic mass is 10.1. The third-order valence-electron chi connectivity index (χ3n) is 3.91. The number of benzene rings is 2. The SMILES string of the molecule is Cc1ccc(N(CC(=O)Nc2cccc([N+](=O)[O-])c2C)S(C)(=O)=O)cc1Cl. The molecule has 144 valence electrons. The number of nitrogens with one attached hydrogen (secondary N) is 1. The van der Waals surface area contributed by atoms with Gasteiger partial charge in [-0.15, -0.1) is 0 Å². The lowest BCUT2D eigenvalue weighted by molar-refractivity contribution is -0.385. The van der Waals surface area contributed by atoms with Crippen LogP contribution in [-0.4, -0.2) is 32.0 Å². The monoisotopic (exact) mass is 411 g/mol. The van der Waals surface area contributed by atoms with Gasteiger partial charge in [0.2, 0.25) is 15.9 Å². The lowest BCUT2D eigenvalue weighted by Crippen LogP contribution is -2.37. The molecule has 2 aromatic carbocycles. The molecule has 0 saturated heterocycles. The minimum atomic E-state index is -3.76. The first-order valence-electron chi connectivity index (χ1n) is 7.78. The Bertz CT molecular complexity index is 1010. The zero-order valence-corrected chi connectivity index (χ0v) is 16.5. The van der Waals surface area contributed by atoms with E-state index in [9.17, 15) is 23.3 Å². The Morgan fingerprint density at radius 3 is 2.48 bits per heavy atom. The Hall–Kier alpha value is -2.65. The first-order chi connectivity index (χ1) is 12.5. The van der Waals surface area contributed by atoms with Gasteiger partial charge in [0.1, 0.15) is 6.54 Å². The van der Waals surface area contributed by atoms with Crippen molar-refractivity contribution >= 4 is 44.6 Å². The van der Waals surface area contributed by atoms with Crippen LogP contribution in [0.2, 0.25) is 5.02 Å². The molecular weight excluding hydrogens is 394 g/mol. The van der Waals surface area contributed by atoms with Crippen molar-refractivity contribution in [2.45, 2.75) is 13.8 Å². The summed E-state index contributed by atoms with van der Waals surface area (Å²) in [5, 5.41) is 13.9. The maximum Gasteiger partial charge on any atom is 0.274 e. The number of rotatable bonds is 6. The third-order valence-corrected chi connectivity index (χ3v) is 5.45. The molecule has 1 amide bonds. The number of sulfonamides is 1. The molecular formula is C17H18ClN3O5S. The molecule has 0 saturated carbocycles. The second kappa shape index (κ2) is 7.93. The first-order valence-corrected chi connectivity index (χ1v) is 10.0. The molecule has 27 heavy (non-hydrogen) atoms. The van der Waals surface area contributed by atoms with Gasteiger partial charge in [-0.1, -0.05) is 23.7 Å². The van der Waals surface area contributed by atoms with Crippen LogP contribution < -0.4 is 9.62 Å². The zero-order valence-electron chi connectivity index (χ0n) is 14.9. The van der Waals surface area contributed by atoms with Gasteiger partial charge in [-0.2, -0.15) is 0 Å². The van der Waals surface area contributed by atoms with Crippen molar-refractivity contribution in [1.82, 2.24) is 0 Å². The van der Waals surface area contributed by atoms with E-state index in [1.54, 1.807) is 19.1 Å². The Balaban J connectivity index is 2.29.